The Kier molecular flexibility index (Phi) is 9.62. The molecule has 1 radical (unpaired) electrons. The maximum atomic E-state index is 9.15. The fourth-order valence-corrected chi connectivity index (χ4v) is 0. The van der Waals surface area contributed by atoms with E-state index in [1.807, 2.05) is 0 Å². The first-order valence-corrected chi connectivity index (χ1v) is 1.91. The van der Waals surface area contributed by atoms with Crippen LogP contribution in [0.25, 0.3) is 0 Å². The fourth-order valence-electron chi connectivity index (χ4n) is 0. The molecule has 0 aliphatic heterocycles. The molecule has 0 aromatic carbocycles. The van der Waals surface area contributed by atoms with Crippen LogP contribution in [0.15, 0.2) is 0 Å². The quantitative estimate of drug-likeness (QED) is 0.423. The average molecular weight is 203 g/mol. The molecule has 0 aromatic rings. The van der Waals surface area contributed by atoms with Crippen molar-refractivity contribution in [3.8, 4) is 0 Å². The second kappa shape index (κ2) is 5.81. The van der Waals surface area contributed by atoms with E-state index < -0.39 is 11.4 Å². The minimum Gasteiger partial charge on any atom is -0.750 e. The molecule has 0 aliphatic carbocycles. The topological polar surface area (TPSA) is 49.4 Å². The molecule has 0 aromatic heterocycles. The van der Waals surface area contributed by atoms with Gasteiger partial charge < -0.3 is 8.74 Å². The minimum absolute atomic E-state index is 0. The van der Waals surface area contributed by atoms with Gasteiger partial charge in [0.25, 0.3) is 0 Å². The van der Waals surface area contributed by atoms with E-state index in [2.05, 4.69) is 4.18 Å². The third-order valence-electron chi connectivity index (χ3n) is 0.136. The summed E-state index contributed by atoms with van der Waals surface area (Å²) in [6.45, 7) is 0. The second-order valence-electron chi connectivity index (χ2n) is 0.371. The maximum Gasteiger partial charge on any atom is 0.0839 e. The molecule has 3 nitrogen and oxygen atoms in total. The fraction of sp³-hybridized carbons (Fsp3) is 1.00. The summed E-state index contributed by atoms with van der Waals surface area (Å²) in [5.41, 5.74) is 0. The second-order valence-corrected chi connectivity index (χ2v) is 1.11. The van der Waals surface area contributed by atoms with Gasteiger partial charge in [-0.15, -0.1) is 0 Å². The molecule has 0 saturated carbocycles. The Morgan fingerprint density at radius 2 is 2.00 bits per heavy atom. The Morgan fingerprint density at radius 3 is 2.00 bits per heavy atom. The van der Waals surface area contributed by atoms with E-state index in [-0.39, 0.29) is 22.4 Å². The molecular formula is CH3AgO3S-. The van der Waals surface area contributed by atoms with Gasteiger partial charge in [0.2, 0.25) is 0 Å². The van der Waals surface area contributed by atoms with E-state index >= 15 is 0 Å². The number of hydrogen-bond acceptors (Lipinski definition) is 3. The third kappa shape index (κ3) is 8.84. The van der Waals surface area contributed by atoms with Crippen LogP contribution in [-0.4, -0.2) is 15.9 Å². The monoisotopic (exact) mass is 202 g/mol. The standard InChI is InChI=1S/CH4O3S.Ag/c1-4-5(2)3;/h1H3,(H,2,3);/p-1. The molecule has 0 aliphatic rings. The van der Waals surface area contributed by atoms with Crippen LogP contribution in [0.5, 0.6) is 0 Å². The smallest absolute Gasteiger partial charge is 0.0839 e. The van der Waals surface area contributed by atoms with Gasteiger partial charge >= 0.3 is 0 Å². The van der Waals surface area contributed by atoms with Crippen LogP contribution in [0.3, 0.4) is 0 Å². The van der Waals surface area contributed by atoms with Gasteiger partial charge in [-0.2, -0.15) is 0 Å². The van der Waals surface area contributed by atoms with Crippen LogP contribution in [0.4, 0.5) is 0 Å². The SMILES string of the molecule is COS(=O)[O-].[Ag]. The Labute approximate surface area is 54.1 Å². The molecule has 6 heavy (non-hydrogen) atoms. The van der Waals surface area contributed by atoms with Crippen LogP contribution >= 0.6 is 0 Å². The van der Waals surface area contributed by atoms with Crippen LogP contribution in [0.1, 0.15) is 0 Å². The van der Waals surface area contributed by atoms with Gasteiger partial charge in [0.05, 0.1) is 18.5 Å². The largest absolute Gasteiger partial charge is 0.750 e. The van der Waals surface area contributed by atoms with Gasteiger partial charge in [-0.25, -0.2) is 4.21 Å². The molecular weight excluding hydrogens is 200 g/mol. The van der Waals surface area contributed by atoms with Gasteiger partial charge in [0.1, 0.15) is 0 Å². The van der Waals surface area contributed by atoms with Crippen molar-refractivity contribution in [3.05, 3.63) is 0 Å². The summed E-state index contributed by atoms with van der Waals surface area (Å²) < 4.78 is 22.0. The Balaban J connectivity index is 0. The van der Waals surface area contributed by atoms with Crippen molar-refractivity contribution in [3.63, 3.8) is 0 Å². The minimum atomic E-state index is -2.32. The summed E-state index contributed by atoms with van der Waals surface area (Å²) in [6.07, 6.45) is 0. The van der Waals surface area contributed by atoms with Gasteiger partial charge in [-0.3, -0.25) is 0 Å². The molecule has 0 saturated heterocycles. The zero-order valence-electron chi connectivity index (χ0n) is 2.93. The summed E-state index contributed by atoms with van der Waals surface area (Å²) in [6, 6.07) is 0. The Bertz CT molecular complexity index is 46.1. The first kappa shape index (κ1) is 9.94. The Morgan fingerprint density at radius 1 is 1.83 bits per heavy atom. The number of rotatable bonds is 1. The third-order valence-corrected chi connectivity index (χ3v) is 0.408. The summed E-state index contributed by atoms with van der Waals surface area (Å²) in [5.74, 6) is 0. The molecule has 43 valence electrons. The van der Waals surface area contributed by atoms with E-state index in [1.165, 1.54) is 0 Å². The zero-order valence-corrected chi connectivity index (χ0v) is 5.23. The maximum absolute atomic E-state index is 9.15. The van der Waals surface area contributed by atoms with Crippen molar-refractivity contribution >= 4 is 11.4 Å². The molecule has 0 heterocycles. The van der Waals surface area contributed by atoms with Crippen molar-refractivity contribution < 1.29 is 35.3 Å². The Hall–Kier alpha value is 0.810. The molecule has 0 fully saturated rings. The summed E-state index contributed by atoms with van der Waals surface area (Å²) in [5, 5.41) is 0. The van der Waals surface area contributed by atoms with Crippen molar-refractivity contribution in [2.75, 3.05) is 7.11 Å². The first-order valence-electron chi connectivity index (χ1n) is 0.908. The van der Waals surface area contributed by atoms with Crippen molar-refractivity contribution in [1.29, 1.82) is 0 Å². The molecule has 5 heteroatoms. The van der Waals surface area contributed by atoms with Crippen molar-refractivity contribution in [2.45, 2.75) is 0 Å². The summed E-state index contributed by atoms with van der Waals surface area (Å²) in [4.78, 5) is 0. The average Bonchev–Trinajstić information content (AvgIpc) is 1.38. The van der Waals surface area contributed by atoms with E-state index in [0.717, 1.165) is 7.11 Å². The predicted molar refractivity (Wildman–Crippen MR) is 15.9 cm³/mol. The van der Waals surface area contributed by atoms with E-state index in [9.17, 15) is 0 Å². The molecule has 0 amide bonds. The van der Waals surface area contributed by atoms with Gasteiger partial charge in [0.15, 0.2) is 0 Å². The first-order chi connectivity index (χ1) is 2.27. The van der Waals surface area contributed by atoms with Crippen molar-refractivity contribution in [2.24, 2.45) is 0 Å². The van der Waals surface area contributed by atoms with Crippen LogP contribution in [0, 0.1) is 0 Å². The molecule has 1 atom stereocenters. The summed E-state index contributed by atoms with van der Waals surface area (Å²) in [7, 11) is 1.09. The van der Waals surface area contributed by atoms with Crippen LogP contribution in [-0.2, 0) is 37.9 Å². The predicted octanol–water partition coefficient (Wildman–Crippen LogP) is -0.576. The molecule has 0 spiro atoms. The van der Waals surface area contributed by atoms with Gasteiger partial charge in [0, 0.05) is 22.4 Å². The van der Waals surface area contributed by atoms with Gasteiger partial charge in [-0.1, -0.05) is 0 Å². The normalized spacial score (nSPS) is 12.3. The van der Waals surface area contributed by atoms with Crippen molar-refractivity contribution in [1.82, 2.24) is 0 Å². The van der Waals surface area contributed by atoms with E-state index in [0.29, 0.717) is 0 Å². The van der Waals surface area contributed by atoms with E-state index in [4.69, 9.17) is 8.76 Å². The molecule has 0 N–H and O–H groups in total. The summed E-state index contributed by atoms with van der Waals surface area (Å²) >= 11 is -2.32. The van der Waals surface area contributed by atoms with E-state index in [1.54, 1.807) is 0 Å². The van der Waals surface area contributed by atoms with Crippen LogP contribution in [0.2, 0.25) is 0 Å². The molecule has 0 bridgehead atoms. The van der Waals surface area contributed by atoms with Gasteiger partial charge in [-0.05, 0) is 0 Å². The molecule has 1 unspecified atom stereocenters. The zero-order chi connectivity index (χ0) is 4.28. The molecule has 0 rings (SSSR count). The number of hydrogen-bond donors (Lipinski definition) is 0. The van der Waals surface area contributed by atoms with Crippen LogP contribution < -0.4 is 0 Å².